The number of aromatic nitrogens is 1. The predicted molar refractivity (Wildman–Crippen MR) is 62.7 cm³/mol. The van der Waals surface area contributed by atoms with Crippen LogP contribution in [0, 0.1) is 0 Å². The molecule has 1 N–H and O–H groups in total. The van der Waals surface area contributed by atoms with Crippen molar-refractivity contribution in [1.29, 1.82) is 0 Å². The highest BCUT2D eigenvalue weighted by atomic mass is 79.9. The fourth-order valence-electron chi connectivity index (χ4n) is 1.68. The zero-order valence-corrected chi connectivity index (χ0v) is 10.4. The van der Waals surface area contributed by atoms with E-state index in [9.17, 15) is 4.79 Å². The minimum atomic E-state index is -1.17. The molecule has 0 saturated carbocycles. The summed E-state index contributed by atoms with van der Waals surface area (Å²) in [4.78, 5) is 10.8. The molecule has 2 heterocycles. The number of hydrogen-bond donors (Lipinski definition) is 1. The summed E-state index contributed by atoms with van der Waals surface area (Å²) in [6.45, 7) is 0.127. The molecule has 6 nitrogen and oxygen atoms in total. The Hall–Kier alpha value is -2.02. The van der Waals surface area contributed by atoms with Crippen LogP contribution in [-0.2, 0) is 0 Å². The molecule has 0 radical (unpaired) electrons. The summed E-state index contributed by atoms with van der Waals surface area (Å²) >= 11 is 3.37. The first kappa shape index (κ1) is 11.1. The largest absolute Gasteiger partial charge is 0.475 e. The molecule has 0 bridgehead atoms. The lowest BCUT2D eigenvalue weighted by atomic mass is 10.1. The van der Waals surface area contributed by atoms with Crippen LogP contribution in [0.25, 0.3) is 11.3 Å². The lowest BCUT2D eigenvalue weighted by Gasteiger charge is -2.04. The van der Waals surface area contributed by atoms with E-state index >= 15 is 0 Å². The number of fused-ring (bicyclic) bond motifs is 1. The number of ether oxygens (including phenoxy) is 2. The van der Waals surface area contributed by atoms with Crippen molar-refractivity contribution in [2.45, 2.75) is 0 Å². The van der Waals surface area contributed by atoms with Crippen LogP contribution < -0.4 is 9.47 Å². The smallest absolute Gasteiger partial charge is 0.374 e. The Morgan fingerprint density at radius 3 is 2.94 bits per heavy atom. The number of rotatable bonds is 2. The molecule has 3 rings (SSSR count). The van der Waals surface area contributed by atoms with Gasteiger partial charge in [0.1, 0.15) is 5.69 Å². The van der Waals surface area contributed by atoms with Crippen molar-refractivity contribution >= 4 is 21.9 Å². The van der Waals surface area contributed by atoms with E-state index in [4.69, 9.17) is 19.1 Å². The first-order valence-electron chi connectivity index (χ1n) is 4.95. The summed E-state index contributed by atoms with van der Waals surface area (Å²) in [5.41, 5.74) is 0.989. The molecular formula is C11H6BrNO5. The number of halogens is 1. The summed E-state index contributed by atoms with van der Waals surface area (Å²) in [7, 11) is 0. The van der Waals surface area contributed by atoms with E-state index in [-0.39, 0.29) is 12.6 Å². The normalized spacial score (nSPS) is 12.7. The maximum Gasteiger partial charge on any atom is 0.374 e. The van der Waals surface area contributed by atoms with Crippen molar-refractivity contribution < 1.29 is 23.9 Å². The van der Waals surface area contributed by atoms with Gasteiger partial charge in [-0.3, -0.25) is 0 Å². The third-order valence-corrected chi connectivity index (χ3v) is 3.13. The van der Waals surface area contributed by atoms with Crippen molar-refractivity contribution in [2.75, 3.05) is 6.79 Å². The Kier molecular flexibility index (Phi) is 2.48. The number of benzene rings is 1. The van der Waals surface area contributed by atoms with Crippen LogP contribution in [0.3, 0.4) is 0 Å². The van der Waals surface area contributed by atoms with Gasteiger partial charge in [0.15, 0.2) is 11.5 Å². The monoisotopic (exact) mass is 311 g/mol. The van der Waals surface area contributed by atoms with Crippen LogP contribution in [-0.4, -0.2) is 23.0 Å². The Bertz CT molecular complexity index is 636. The fourth-order valence-corrected chi connectivity index (χ4v) is 2.20. The van der Waals surface area contributed by atoms with E-state index in [0.717, 1.165) is 4.47 Å². The predicted octanol–water partition coefficient (Wildman–Crippen LogP) is 2.53. The summed E-state index contributed by atoms with van der Waals surface area (Å²) in [5, 5.41) is 12.5. The average Bonchev–Trinajstić information content (AvgIpc) is 2.95. The minimum Gasteiger partial charge on any atom is -0.475 e. The fraction of sp³-hybridized carbons (Fsp3) is 0.0909. The van der Waals surface area contributed by atoms with Crippen molar-refractivity contribution in [3.8, 4) is 22.8 Å². The molecular weight excluding hydrogens is 306 g/mol. The highest BCUT2D eigenvalue weighted by Crippen LogP contribution is 2.45. The Labute approximate surface area is 109 Å². The van der Waals surface area contributed by atoms with E-state index in [1.165, 1.54) is 6.07 Å². The van der Waals surface area contributed by atoms with Gasteiger partial charge in [0.25, 0.3) is 0 Å². The van der Waals surface area contributed by atoms with E-state index in [0.29, 0.717) is 22.8 Å². The molecule has 18 heavy (non-hydrogen) atoms. The maximum absolute atomic E-state index is 10.8. The molecule has 1 aromatic heterocycles. The van der Waals surface area contributed by atoms with Crippen molar-refractivity contribution in [1.82, 2.24) is 5.16 Å². The van der Waals surface area contributed by atoms with Crippen LogP contribution >= 0.6 is 15.9 Å². The number of aromatic carboxylic acids is 1. The van der Waals surface area contributed by atoms with Crippen molar-refractivity contribution in [3.63, 3.8) is 0 Å². The zero-order chi connectivity index (χ0) is 12.7. The molecule has 1 aliphatic rings. The molecule has 1 aromatic carbocycles. The Morgan fingerprint density at radius 1 is 1.39 bits per heavy atom. The number of hydrogen-bond acceptors (Lipinski definition) is 5. The molecule has 0 saturated heterocycles. The van der Waals surface area contributed by atoms with Gasteiger partial charge in [-0.05, 0) is 28.1 Å². The van der Waals surface area contributed by atoms with Gasteiger partial charge in [0, 0.05) is 10.5 Å². The van der Waals surface area contributed by atoms with Crippen LogP contribution in [0.5, 0.6) is 11.5 Å². The number of carboxylic acid groups (broad SMARTS) is 1. The van der Waals surface area contributed by atoms with E-state index in [1.807, 2.05) is 0 Å². The van der Waals surface area contributed by atoms with Crippen molar-refractivity contribution in [2.24, 2.45) is 0 Å². The van der Waals surface area contributed by atoms with Gasteiger partial charge in [-0.15, -0.1) is 0 Å². The van der Waals surface area contributed by atoms with Gasteiger partial charge in [-0.25, -0.2) is 4.79 Å². The van der Waals surface area contributed by atoms with Crippen LogP contribution in [0.4, 0.5) is 0 Å². The lowest BCUT2D eigenvalue weighted by Crippen LogP contribution is -1.94. The second kappa shape index (κ2) is 4.02. The molecule has 2 aromatic rings. The van der Waals surface area contributed by atoms with Gasteiger partial charge in [-0.1, -0.05) is 5.16 Å². The van der Waals surface area contributed by atoms with Crippen LogP contribution in [0.1, 0.15) is 10.6 Å². The first-order valence-corrected chi connectivity index (χ1v) is 5.74. The molecule has 7 heteroatoms. The summed E-state index contributed by atoms with van der Waals surface area (Å²) < 4.78 is 16.1. The number of carbonyl (C=O) groups is 1. The Morgan fingerprint density at radius 2 is 2.22 bits per heavy atom. The van der Waals surface area contributed by atoms with E-state index in [1.54, 1.807) is 12.1 Å². The highest BCUT2D eigenvalue weighted by Gasteiger charge is 2.24. The Balaban J connectivity index is 2.16. The molecule has 0 atom stereocenters. The van der Waals surface area contributed by atoms with Crippen LogP contribution in [0.2, 0.25) is 0 Å². The molecule has 1 aliphatic heterocycles. The zero-order valence-electron chi connectivity index (χ0n) is 8.84. The summed E-state index contributed by atoms with van der Waals surface area (Å²) in [6, 6.07) is 4.87. The maximum atomic E-state index is 10.8. The lowest BCUT2D eigenvalue weighted by molar-refractivity contribution is 0.0652. The van der Waals surface area contributed by atoms with Gasteiger partial charge in [-0.2, -0.15) is 0 Å². The molecule has 0 unspecified atom stereocenters. The number of nitrogens with zero attached hydrogens (tertiary/aromatic N) is 1. The second-order valence-electron chi connectivity index (χ2n) is 3.54. The summed E-state index contributed by atoms with van der Waals surface area (Å²) in [6.07, 6.45) is 0. The second-order valence-corrected chi connectivity index (χ2v) is 4.39. The third kappa shape index (κ3) is 1.63. The highest BCUT2D eigenvalue weighted by molar-refractivity contribution is 9.10. The van der Waals surface area contributed by atoms with Gasteiger partial charge in [0.2, 0.25) is 12.6 Å². The van der Waals surface area contributed by atoms with E-state index < -0.39 is 5.97 Å². The van der Waals surface area contributed by atoms with Crippen molar-refractivity contribution in [3.05, 3.63) is 28.4 Å². The molecule has 0 aliphatic carbocycles. The molecule has 0 amide bonds. The average molecular weight is 312 g/mol. The third-order valence-electron chi connectivity index (χ3n) is 2.47. The summed E-state index contributed by atoms with van der Waals surface area (Å²) in [5.74, 6) is -0.286. The SMILES string of the molecule is O=C(O)c1cc(-c2c(Br)ccc3c2OCO3)no1. The molecule has 92 valence electrons. The first-order chi connectivity index (χ1) is 8.66. The molecule has 0 fully saturated rings. The van der Waals surface area contributed by atoms with Crippen LogP contribution in [0.15, 0.2) is 27.2 Å². The van der Waals surface area contributed by atoms with Gasteiger partial charge >= 0.3 is 5.97 Å². The topological polar surface area (TPSA) is 81.8 Å². The minimum absolute atomic E-state index is 0.127. The quantitative estimate of drug-likeness (QED) is 0.917. The molecule has 0 spiro atoms. The number of carboxylic acids is 1. The van der Waals surface area contributed by atoms with Gasteiger partial charge < -0.3 is 19.1 Å². The van der Waals surface area contributed by atoms with E-state index in [2.05, 4.69) is 21.1 Å². The van der Waals surface area contributed by atoms with Gasteiger partial charge in [0.05, 0.1) is 5.56 Å². The standard InChI is InChI=1S/C11H6BrNO5/c12-5-1-2-7-10(17-4-16-7)9(5)6-3-8(11(14)15)18-13-6/h1-3H,4H2,(H,14,15).